The minimum atomic E-state index is -0.896. The lowest BCUT2D eigenvalue weighted by Crippen LogP contribution is -2.30. The number of carbonyl (C=O) groups is 3. The van der Waals surface area contributed by atoms with E-state index in [0.717, 1.165) is 11.1 Å². The Morgan fingerprint density at radius 2 is 1.70 bits per heavy atom. The van der Waals surface area contributed by atoms with Gasteiger partial charge < -0.3 is 21.1 Å². The Bertz CT molecular complexity index is 836. The van der Waals surface area contributed by atoms with E-state index in [1.807, 2.05) is 30.3 Å². The van der Waals surface area contributed by atoms with Gasteiger partial charge in [-0.2, -0.15) is 0 Å². The van der Waals surface area contributed by atoms with Crippen molar-refractivity contribution in [2.45, 2.75) is 12.5 Å². The summed E-state index contributed by atoms with van der Waals surface area (Å²) in [4.78, 5) is 36.8. The van der Waals surface area contributed by atoms with E-state index in [4.69, 9.17) is 5.73 Å². The van der Waals surface area contributed by atoms with E-state index in [2.05, 4.69) is 5.32 Å². The second-order valence-corrected chi connectivity index (χ2v) is 6.59. The van der Waals surface area contributed by atoms with Crippen LogP contribution in [-0.4, -0.2) is 41.0 Å². The molecule has 1 fully saturated rings. The van der Waals surface area contributed by atoms with Crippen LogP contribution < -0.4 is 11.1 Å². The molecule has 0 radical (unpaired) electrons. The number of aliphatic carboxylic acids is 1. The molecule has 0 bridgehead atoms. The maximum atomic E-state index is 12.8. The third-order valence-electron chi connectivity index (χ3n) is 4.82. The molecule has 7 heteroatoms. The zero-order valence-electron chi connectivity index (χ0n) is 14.7. The number of hydrogen-bond acceptors (Lipinski definition) is 3. The van der Waals surface area contributed by atoms with Crippen molar-refractivity contribution in [3.8, 4) is 0 Å². The molecule has 2 unspecified atom stereocenters. The van der Waals surface area contributed by atoms with Crippen LogP contribution in [0.1, 0.15) is 27.4 Å². The molecule has 1 aliphatic heterocycles. The molecule has 0 aromatic heterocycles. The van der Waals surface area contributed by atoms with Crippen LogP contribution in [0.5, 0.6) is 0 Å². The zero-order chi connectivity index (χ0) is 19.4. The molecule has 2 aromatic rings. The summed E-state index contributed by atoms with van der Waals surface area (Å²) in [7, 11) is 0. The van der Waals surface area contributed by atoms with Gasteiger partial charge in [-0.05, 0) is 23.3 Å². The molecule has 0 aliphatic carbocycles. The van der Waals surface area contributed by atoms with Crippen molar-refractivity contribution in [1.29, 1.82) is 0 Å². The fourth-order valence-electron chi connectivity index (χ4n) is 3.39. The summed E-state index contributed by atoms with van der Waals surface area (Å²) in [6.07, 6.45) is 0. The van der Waals surface area contributed by atoms with Crippen LogP contribution in [0.25, 0.3) is 0 Å². The van der Waals surface area contributed by atoms with Gasteiger partial charge in [-0.25, -0.2) is 4.79 Å². The number of hydrogen-bond donors (Lipinski definition) is 3. The predicted molar refractivity (Wildman–Crippen MR) is 99.1 cm³/mol. The summed E-state index contributed by atoms with van der Waals surface area (Å²) in [6.45, 7) is 0.828. The average molecular weight is 367 g/mol. The van der Waals surface area contributed by atoms with Gasteiger partial charge in [0.05, 0.1) is 5.92 Å². The van der Waals surface area contributed by atoms with Crippen LogP contribution in [0, 0.1) is 5.92 Å². The van der Waals surface area contributed by atoms with Gasteiger partial charge in [-0.3, -0.25) is 9.59 Å². The fourth-order valence-corrected chi connectivity index (χ4v) is 3.39. The fraction of sp³-hybridized carbons (Fsp3) is 0.250. The lowest BCUT2D eigenvalue weighted by atomic mass is 9.89. The molecule has 3 amide bonds. The van der Waals surface area contributed by atoms with Crippen LogP contribution in [0.3, 0.4) is 0 Å². The second kappa shape index (κ2) is 7.90. The minimum absolute atomic E-state index is 0.179. The number of primary amides is 1. The standard InChI is InChI=1S/C20H21N3O4/c21-20(27)22-10-13-6-8-15(9-7-13)18(24)23-11-16(17(12-23)19(25)26)14-4-2-1-3-5-14/h1-9,16-17H,10-12H2,(H,25,26)(H3,21,22,27). The smallest absolute Gasteiger partial charge is 0.312 e. The predicted octanol–water partition coefficient (Wildman–Crippen LogP) is 1.80. The van der Waals surface area contributed by atoms with Gasteiger partial charge in [0, 0.05) is 31.1 Å². The molecule has 2 aromatic carbocycles. The number of carboxylic acids is 1. The van der Waals surface area contributed by atoms with E-state index in [-0.39, 0.29) is 24.9 Å². The first-order valence-corrected chi connectivity index (χ1v) is 8.65. The Hall–Kier alpha value is -3.35. The summed E-state index contributed by atoms with van der Waals surface area (Å²) >= 11 is 0. The quantitative estimate of drug-likeness (QED) is 0.748. The average Bonchev–Trinajstić information content (AvgIpc) is 3.13. The third-order valence-corrected chi connectivity index (χ3v) is 4.82. The number of rotatable bonds is 5. The van der Waals surface area contributed by atoms with Crippen molar-refractivity contribution in [2.75, 3.05) is 13.1 Å². The molecule has 7 nitrogen and oxygen atoms in total. The van der Waals surface area contributed by atoms with Crippen LogP contribution in [0.4, 0.5) is 4.79 Å². The van der Waals surface area contributed by atoms with Crippen molar-refractivity contribution in [3.63, 3.8) is 0 Å². The summed E-state index contributed by atoms with van der Waals surface area (Å²) < 4.78 is 0. The Kier molecular flexibility index (Phi) is 5.40. The first-order valence-electron chi connectivity index (χ1n) is 8.65. The molecule has 1 aliphatic rings. The lowest BCUT2D eigenvalue weighted by Gasteiger charge is -2.17. The van der Waals surface area contributed by atoms with Gasteiger partial charge >= 0.3 is 12.0 Å². The number of urea groups is 1. The van der Waals surface area contributed by atoms with Gasteiger partial charge in [0.1, 0.15) is 0 Å². The van der Waals surface area contributed by atoms with E-state index >= 15 is 0 Å². The van der Waals surface area contributed by atoms with E-state index < -0.39 is 17.9 Å². The van der Waals surface area contributed by atoms with Crippen molar-refractivity contribution in [2.24, 2.45) is 11.7 Å². The van der Waals surface area contributed by atoms with Gasteiger partial charge in [-0.1, -0.05) is 42.5 Å². The number of carbonyl (C=O) groups excluding carboxylic acids is 2. The maximum absolute atomic E-state index is 12.8. The zero-order valence-corrected chi connectivity index (χ0v) is 14.7. The first kappa shape index (κ1) is 18.4. The van der Waals surface area contributed by atoms with E-state index in [0.29, 0.717) is 12.1 Å². The van der Waals surface area contributed by atoms with Crippen molar-refractivity contribution < 1.29 is 19.5 Å². The van der Waals surface area contributed by atoms with E-state index in [1.54, 1.807) is 29.2 Å². The Balaban J connectivity index is 1.73. The Morgan fingerprint density at radius 3 is 2.30 bits per heavy atom. The largest absolute Gasteiger partial charge is 0.481 e. The van der Waals surface area contributed by atoms with Crippen LogP contribution in [0.2, 0.25) is 0 Å². The summed E-state index contributed by atoms with van der Waals surface area (Å²) in [5.74, 6) is -1.96. The number of nitrogens with one attached hydrogen (secondary N) is 1. The number of nitrogens with zero attached hydrogens (tertiary/aromatic N) is 1. The molecule has 140 valence electrons. The van der Waals surface area contributed by atoms with E-state index in [1.165, 1.54) is 0 Å². The molecule has 3 rings (SSSR count). The lowest BCUT2D eigenvalue weighted by molar-refractivity contribution is -0.141. The number of carboxylic acid groups (broad SMARTS) is 1. The first-order chi connectivity index (χ1) is 13.0. The highest BCUT2D eigenvalue weighted by atomic mass is 16.4. The highest BCUT2D eigenvalue weighted by Gasteiger charge is 2.40. The molecule has 2 atom stereocenters. The Morgan fingerprint density at radius 1 is 1.04 bits per heavy atom. The molecule has 4 N–H and O–H groups in total. The Labute approximate surface area is 156 Å². The second-order valence-electron chi connectivity index (χ2n) is 6.59. The molecular weight excluding hydrogens is 346 g/mol. The van der Waals surface area contributed by atoms with Crippen LogP contribution >= 0.6 is 0 Å². The monoisotopic (exact) mass is 367 g/mol. The highest BCUT2D eigenvalue weighted by molar-refractivity contribution is 5.95. The summed E-state index contributed by atoms with van der Waals surface area (Å²) in [6, 6.07) is 15.6. The van der Waals surface area contributed by atoms with Crippen molar-refractivity contribution in [3.05, 3.63) is 71.3 Å². The van der Waals surface area contributed by atoms with Crippen LogP contribution in [0.15, 0.2) is 54.6 Å². The van der Waals surface area contributed by atoms with Gasteiger partial charge in [0.15, 0.2) is 0 Å². The van der Waals surface area contributed by atoms with Gasteiger partial charge in [0.25, 0.3) is 5.91 Å². The number of benzene rings is 2. The molecular formula is C20H21N3O4. The molecule has 0 spiro atoms. The molecule has 0 saturated carbocycles. The summed E-state index contributed by atoms with van der Waals surface area (Å²) in [5.41, 5.74) is 7.26. The van der Waals surface area contributed by atoms with Gasteiger partial charge in [0.2, 0.25) is 0 Å². The van der Waals surface area contributed by atoms with Crippen molar-refractivity contribution >= 4 is 17.9 Å². The SMILES string of the molecule is NC(=O)NCc1ccc(C(=O)N2CC(C(=O)O)C(c3ccccc3)C2)cc1. The third kappa shape index (κ3) is 4.25. The number of likely N-dealkylation sites (tertiary alicyclic amines) is 1. The normalized spacial score (nSPS) is 18.9. The summed E-state index contributed by atoms with van der Waals surface area (Å²) in [5, 5.41) is 12.1. The maximum Gasteiger partial charge on any atom is 0.312 e. The van der Waals surface area contributed by atoms with Gasteiger partial charge in [-0.15, -0.1) is 0 Å². The van der Waals surface area contributed by atoms with Crippen LogP contribution in [-0.2, 0) is 11.3 Å². The minimum Gasteiger partial charge on any atom is -0.481 e. The molecule has 1 saturated heterocycles. The molecule has 1 heterocycles. The van der Waals surface area contributed by atoms with Crippen molar-refractivity contribution in [1.82, 2.24) is 10.2 Å². The van der Waals surface area contributed by atoms with E-state index in [9.17, 15) is 19.5 Å². The topological polar surface area (TPSA) is 113 Å². The number of nitrogens with two attached hydrogens (primary N) is 1. The molecule has 27 heavy (non-hydrogen) atoms. The highest BCUT2D eigenvalue weighted by Crippen LogP contribution is 2.33. The number of amides is 3.